The molecule has 134 valence electrons. The summed E-state index contributed by atoms with van der Waals surface area (Å²) in [5.74, 6) is -1.53. The maximum absolute atomic E-state index is 12.7. The van der Waals surface area contributed by atoms with E-state index in [0.29, 0.717) is 12.0 Å². The standard InChI is InChI=1S/C21H21NO4/c1-14-8-10-16(11-9-14)19(24)17-18(15-6-3-2-4-7-15)22(12-5-13-23)21(26)20(17)25/h2-4,6-11,18,23-24H,5,12-13H2,1H3. The minimum Gasteiger partial charge on any atom is -0.507 e. The molecule has 0 aromatic heterocycles. The Morgan fingerprint density at radius 3 is 2.31 bits per heavy atom. The average Bonchev–Trinajstić information content (AvgIpc) is 2.91. The highest BCUT2D eigenvalue weighted by molar-refractivity contribution is 6.46. The molecular weight excluding hydrogens is 330 g/mol. The summed E-state index contributed by atoms with van der Waals surface area (Å²) in [5.41, 5.74) is 2.36. The second kappa shape index (κ2) is 7.54. The summed E-state index contributed by atoms with van der Waals surface area (Å²) in [6.45, 7) is 2.09. The first kappa shape index (κ1) is 17.9. The van der Waals surface area contributed by atoms with Crippen molar-refractivity contribution in [3.05, 3.63) is 76.9 Å². The van der Waals surface area contributed by atoms with Crippen LogP contribution in [0.3, 0.4) is 0 Å². The molecule has 26 heavy (non-hydrogen) atoms. The lowest BCUT2D eigenvalue weighted by Gasteiger charge is -2.25. The van der Waals surface area contributed by atoms with Gasteiger partial charge in [-0.05, 0) is 18.9 Å². The number of hydrogen-bond acceptors (Lipinski definition) is 4. The number of nitrogens with zero attached hydrogens (tertiary/aromatic N) is 1. The maximum atomic E-state index is 12.7. The zero-order valence-electron chi connectivity index (χ0n) is 14.6. The van der Waals surface area contributed by atoms with E-state index in [0.717, 1.165) is 11.1 Å². The normalized spacial score (nSPS) is 19.2. The van der Waals surface area contributed by atoms with E-state index in [-0.39, 0.29) is 24.5 Å². The van der Waals surface area contributed by atoms with E-state index in [9.17, 15) is 14.7 Å². The molecule has 0 bridgehead atoms. The summed E-state index contributed by atoms with van der Waals surface area (Å²) in [7, 11) is 0. The van der Waals surface area contributed by atoms with Crippen molar-refractivity contribution in [2.75, 3.05) is 13.2 Å². The van der Waals surface area contributed by atoms with E-state index in [1.54, 1.807) is 12.1 Å². The van der Waals surface area contributed by atoms with E-state index >= 15 is 0 Å². The van der Waals surface area contributed by atoms with Gasteiger partial charge in [0.05, 0.1) is 11.6 Å². The number of carbonyl (C=O) groups excluding carboxylic acids is 2. The van der Waals surface area contributed by atoms with Crippen molar-refractivity contribution in [1.29, 1.82) is 0 Å². The fraction of sp³-hybridized carbons (Fsp3) is 0.238. The number of hydrogen-bond donors (Lipinski definition) is 2. The fourth-order valence-electron chi connectivity index (χ4n) is 3.20. The largest absolute Gasteiger partial charge is 0.507 e. The Hall–Kier alpha value is -2.92. The third-order valence-corrected chi connectivity index (χ3v) is 4.54. The Morgan fingerprint density at radius 2 is 1.69 bits per heavy atom. The van der Waals surface area contributed by atoms with Crippen molar-refractivity contribution in [3.63, 3.8) is 0 Å². The monoisotopic (exact) mass is 351 g/mol. The lowest BCUT2D eigenvalue weighted by atomic mass is 9.95. The molecule has 1 aliphatic rings. The van der Waals surface area contributed by atoms with Gasteiger partial charge in [0.15, 0.2) is 0 Å². The molecule has 5 heteroatoms. The van der Waals surface area contributed by atoms with Crippen LogP contribution in [0.25, 0.3) is 5.76 Å². The fourth-order valence-corrected chi connectivity index (χ4v) is 3.20. The number of amides is 1. The van der Waals surface area contributed by atoms with Gasteiger partial charge in [-0.2, -0.15) is 0 Å². The smallest absolute Gasteiger partial charge is 0.295 e. The lowest BCUT2D eigenvalue weighted by Crippen LogP contribution is -2.31. The van der Waals surface area contributed by atoms with Crippen molar-refractivity contribution in [1.82, 2.24) is 4.90 Å². The molecule has 0 saturated carbocycles. The van der Waals surface area contributed by atoms with Crippen molar-refractivity contribution >= 4 is 17.4 Å². The number of aliphatic hydroxyl groups is 2. The molecule has 0 aliphatic carbocycles. The number of likely N-dealkylation sites (tertiary alicyclic amines) is 1. The van der Waals surface area contributed by atoms with Gasteiger partial charge in [-0.3, -0.25) is 9.59 Å². The Balaban J connectivity index is 2.14. The highest BCUT2D eigenvalue weighted by Gasteiger charge is 2.45. The SMILES string of the molecule is Cc1ccc(C(O)=C2C(=O)C(=O)N(CCCO)C2c2ccccc2)cc1. The second-order valence-corrected chi connectivity index (χ2v) is 6.35. The Labute approximate surface area is 152 Å². The molecule has 3 rings (SSSR count). The molecule has 2 aromatic carbocycles. The van der Waals surface area contributed by atoms with Crippen LogP contribution in [0.15, 0.2) is 60.2 Å². The first-order valence-electron chi connectivity index (χ1n) is 8.56. The van der Waals surface area contributed by atoms with Crippen molar-refractivity contribution < 1.29 is 19.8 Å². The molecule has 0 spiro atoms. The van der Waals surface area contributed by atoms with Crippen LogP contribution in [0.1, 0.15) is 29.2 Å². The van der Waals surface area contributed by atoms with Gasteiger partial charge < -0.3 is 15.1 Å². The van der Waals surface area contributed by atoms with Crippen LogP contribution >= 0.6 is 0 Å². The van der Waals surface area contributed by atoms with Gasteiger partial charge in [0.2, 0.25) is 0 Å². The molecule has 2 N–H and O–H groups in total. The minimum absolute atomic E-state index is 0.0809. The summed E-state index contributed by atoms with van der Waals surface area (Å²) in [4.78, 5) is 26.6. The first-order valence-corrected chi connectivity index (χ1v) is 8.56. The van der Waals surface area contributed by atoms with E-state index in [2.05, 4.69) is 0 Å². The van der Waals surface area contributed by atoms with Gasteiger partial charge in [-0.15, -0.1) is 0 Å². The third-order valence-electron chi connectivity index (χ3n) is 4.54. The van der Waals surface area contributed by atoms with Crippen molar-refractivity contribution in [2.45, 2.75) is 19.4 Å². The van der Waals surface area contributed by atoms with E-state index < -0.39 is 17.7 Å². The van der Waals surface area contributed by atoms with Gasteiger partial charge in [0.1, 0.15) is 5.76 Å². The second-order valence-electron chi connectivity index (χ2n) is 6.35. The zero-order valence-corrected chi connectivity index (χ0v) is 14.6. The van der Waals surface area contributed by atoms with Crippen LogP contribution in [0, 0.1) is 6.92 Å². The van der Waals surface area contributed by atoms with Crippen LogP contribution < -0.4 is 0 Å². The Kier molecular flexibility index (Phi) is 5.19. The lowest BCUT2D eigenvalue weighted by molar-refractivity contribution is -0.140. The molecule has 0 radical (unpaired) electrons. The third kappa shape index (κ3) is 3.26. The van der Waals surface area contributed by atoms with Crippen LogP contribution in [0.2, 0.25) is 0 Å². The minimum atomic E-state index is -0.699. The summed E-state index contributed by atoms with van der Waals surface area (Å²) < 4.78 is 0. The molecule has 1 unspecified atom stereocenters. The summed E-state index contributed by atoms with van der Waals surface area (Å²) in [6.07, 6.45) is 0.362. The molecular formula is C21H21NO4. The predicted octanol–water partition coefficient (Wildman–Crippen LogP) is 2.80. The van der Waals surface area contributed by atoms with Crippen LogP contribution in [0.5, 0.6) is 0 Å². The maximum Gasteiger partial charge on any atom is 0.295 e. The first-order chi connectivity index (χ1) is 12.5. The Morgan fingerprint density at radius 1 is 1.04 bits per heavy atom. The summed E-state index contributed by atoms with van der Waals surface area (Å²) in [5, 5.41) is 19.9. The van der Waals surface area contributed by atoms with Gasteiger partial charge >= 0.3 is 0 Å². The molecule has 1 fully saturated rings. The highest BCUT2D eigenvalue weighted by Crippen LogP contribution is 2.39. The molecule has 1 saturated heterocycles. The van der Waals surface area contributed by atoms with Crippen LogP contribution in [-0.4, -0.2) is 40.0 Å². The number of benzene rings is 2. The average molecular weight is 351 g/mol. The highest BCUT2D eigenvalue weighted by atomic mass is 16.3. The van der Waals surface area contributed by atoms with E-state index in [1.807, 2.05) is 49.4 Å². The van der Waals surface area contributed by atoms with E-state index in [1.165, 1.54) is 4.90 Å². The molecule has 1 atom stereocenters. The molecule has 1 aliphatic heterocycles. The molecule has 2 aromatic rings. The number of rotatable bonds is 5. The molecule has 1 amide bonds. The van der Waals surface area contributed by atoms with Crippen molar-refractivity contribution in [2.24, 2.45) is 0 Å². The van der Waals surface area contributed by atoms with Crippen molar-refractivity contribution in [3.8, 4) is 0 Å². The van der Waals surface area contributed by atoms with Crippen LogP contribution in [-0.2, 0) is 9.59 Å². The number of Topliss-reactive ketones (excluding diaryl/α,β-unsaturated/α-hetero) is 1. The number of ketones is 1. The van der Waals surface area contributed by atoms with Crippen LogP contribution in [0.4, 0.5) is 0 Å². The summed E-state index contributed by atoms with van der Waals surface area (Å²) in [6, 6.07) is 15.6. The number of aliphatic hydroxyl groups excluding tert-OH is 2. The summed E-state index contributed by atoms with van der Waals surface area (Å²) >= 11 is 0. The van der Waals surface area contributed by atoms with E-state index in [4.69, 9.17) is 5.11 Å². The number of aryl methyl sites for hydroxylation is 1. The van der Waals surface area contributed by atoms with Gasteiger partial charge in [0, 0.05) is 18.7 Å². The predicted molar refractivity (Wildman–Crippen MR) is 98.3 cm³/mol. The van der Waals surface area contributed by atoms with Gasteiger partial charge in [-0.25, -0.2) is 0 Å². The number of carbonyl (C=O) groups is 2. The van der Waals surface area contributed by atoms with Gasteiger partial charge in [0.25, 0.3) is 11.7 Å². The van der Waals surface area contributed by atoms with Gasteiger partial charge in [-0.1, -0.05) is 60.2 Å². The molecule has 1 heterocycles. The Bertz CT molecular complexity index is 840. The molecule has 5 nitrogen and oxygen atoms in total. The quantitative estimate of drug-likeness (QED) is 0.493. The topological polar surface area (TPSA) is 77.8 Å². The zero-order chi connectivity index (χ0) is 18.7.